The summed E-state index contributed by atoms with van der Waals surface area (Å²) in [7, 11) is 0. The smallest absolute Gasteiger partial charge is 0.325 e. The molecule has 23 heavy (non-hydrogen) atoms. The number of ether oxygens (including phenoxy) is 2. The number of nitrogens with one attached hydrogen (secondary N) is 1. The third-order valence-electron chi connectivity index (χ3n) is 2.88. The summed E-state index contributed by atoms with van der Waals surface area (Å²) < 4.78 is 15.2. The summed E-state index contributed by atoms with van der Waals surface area (Å²) in [5, 5.41) is 6.21. The van der Waals surface area contributed by atoms with E-state index < -0.39 is 11.9 Å². The van der Waals surface area contributed by atoms with Gasteiger partial charge in [-0.2, -0.15) is 0 Å². The molecule has 1 heterocycles. The number of hydrogen-bond donors (Lipinski definition) is 1. The van der Waals surface area contributed by atoms with E-state index in [0.717, 1.165) is 0 Å². The number of nitrogens with zero attached hydrogens (tertiary/aromatic N) is 1. The zero-order valence-electron chi connectivity index (χ0n) is 13.0. The summed E-state index contributed by atoms with van der Waals surface area (Å²) in [6, 6.07) is 8.50. The van der Waals surface area contributed by atoms with Crippen LogP contribution in [0.2, 0.25) is 0 Å². The first-order valence-electron chi connectivity index (χ1n) is 7.18. The van der Waals surface area contributed by atoms with Crippen LogP contribution in [0, 0.1) is 6.92 Å². The average Bonchev–Trinajstić information content (AvgIpc) is 2.97. The van der Waals surface area contributed by atoms with Crippen LogP contribution in [0.3, 0.4) is 0 Å². The molecule has 7 heteroatoms. The second-order valence-corrected chi connectivity index (χ2v) is 4.70. The number of carbonyl (C=O) groups is 2. The Kier molecular flexibility index (Phi) is 5.74. The van der Waals surface area contributed by atoms with Crippen molar-refractivity contribution in [3.8, 4) is 5.75 Å². The summed E-state index contributed by atoms with van der Waals surface area (Å²) >= 11 is 0. The second kappa shape index (κ2) is 7.98. The van der Waals surface area contributed by atoms with E-state index in [-0.39, 0.29) is 13.2 Å². The van der Waals surface area contributed by atoms with Gasteiger partial charge in [0.2, 0.25) is 0 Å². The van der Waals surface area contributed by atoms with Crippen molar-refractivity contribution in [3.05, 3.63) is 47.3 Å². The van der Waals surface area contributed by atoms with Crippen molar-refractivity contribution in [2.45, 2.75) is 20.5 Å². The van der Waals surface area contributed by atoms with Crippen molar-refractivity contribution in [3.63, 3.8) is 0 Å². The lowest BCUT2D eigenvalue weighted by molar-refractivity contribution is -0.143. The van der Waals surface area contributed by atoms with Gasteiger partial charge in [0.1, 0.15) is 30.4 Å². The molecule has 2 aromatic rings. The fraction of sp³-hybridized carbons (Fsp3) is 0.312. The maximum absolute atomic E-state index is 12.1. The van der Waals surface area contributed by atoms with Crippen LogP contribution in [-0.4, -0.2) is 30.2 Å². The lowest BCUT2D eigenvalue weighted by Crippen LogP contribution is -2.30. The van der Waals surface area contributed by atoms with Crippen molar-refractivity contribution in [1.82, 2.24) is 10.5 Å². The highest BCUT2D eigenvalue weighted by Crippen LogP contribution is 2.17. The molecule has 1 aromatic heterocycles. The topological polar surface area (TPSA) is 90.7 Å². The Morgan fingerprint density at radius 2 is 2.09 bits per heavy atom. The molecule has 0 unspecified atom stereocenters. The summed E-state index contributed by atoms with van der Waals surface area (Å²) in [5.41, 5.74) is 0.887. The van der Waals surface area contributed by atoms with Crippen molar-refractivity contribution in [2.24, 2.45) is 0 Å². The Balaban J connectivity index is 1.83. The number of para-hydroxylation sites is 1. The van der Waals surface area contributed by atoms with Gasteiger partial charge in [-0.15, -0.1) is 0 Å². The van der Waals surface area contributed by atoms with E-state index in [1.807, 2.05) is 6.92 Å². The van der Waals surface area contributed by atoms with Crippen LogP contribution in [0.1, 0.15) is 28.7 Å². The largest absolute Gasteiger partial charge is 0.493 e. The van der Waals surface area contributed by atoms with Crippen LogP contribution < -0.4 is 10.1 Å². The molecule has 0 bridgehead atoms. The van der Waals surface area contributed by atoms with Crippen LogP contribution in [0.25, 0.3) is 0 Å². The van der Waals surface area contributed by atoms with Crippen LogP contribution in [0.15, 0.2) is 34.9 Å². The molecule has 0 saturated heterocycles. The van der Waals surface area contributed by atoms with E-state index in [0.29, 0.717) is 29.4 Å². The number of esters is 1. The first-order chi connectivity index (χ1) is 11.1. The van der Waals surface area contributed by atoms with E-state index in [1.165, 1.54) is 0 Å². The van der Waals surface area contributed by atoms with Gasteiger partial charge in [-0.1, -0.05) is 17.3 Å². The van der Waals surface area contributed by atoms with E-state index in [4.69, 9.17) is 14.0 Å². The fourth-order valence-corrected chi connectivity index (χ4v) is 1.87. The minimum absolute atomic E-state index is 0.00156. The highest BCUT2D eigenvalue weighted by atomic mass is 16.5. The van der Waals surface area contributed by atoms with Crippen molar-refractivity contribution >= 4 is 11.9 Å². The standard InChI is InChI=1S/C16H18N2O5/c1-3-21-14-7-5-4-6-13(14)16(20)17-9-15(19)22-10-12-8-11(2)23-18-12/h4-8H,3,9-10H2,1-2H3,(H,17,20). The highest BCUT2D eigenvalue weighted by Gasteiger charge is 2.13. The van der Waals surface area contributed by atoms with Gasteiger partial charge in [0.05, 0.1) is 12.2 Å². The zero-order chi connectivity index (χ0) is 16.7. The lowest BCUT2D eigenvalue weighted by Gasteiger charge is -2.10. The molecule has 122 valence electrons. The highest BCUT2D eigenvalue weighted by molar-refractivity contribution is 5.98. The average molecular weight is 318 g/mol. The SMILES string of the molecule is CCOc1ccccc1C(=O)NCC(=O)OCc1cc(C)on1. The molecule has 0 spiro atoms. The molecular formula is C16H18N2O5. The fourth-order valence-electron chi connectivity index (χ4n) is 1.87. The zero-order valence-corrected chi connectivity index (χ0v) is 13.0. The molecule has 1 N–H and O–H groups in total. The molecule has 0 saturated carbocycles. The second-order valence-electron chi connectivity index (χ2n) is 4.70. The Bertz CT molecular complexity index is 681. The normalized spacial score (nSPS) is 10.2. The van der Waals surface area contributed by atoms with Crippen LogP contribution in [0.4, 0.5) is 0 Å². The minimum atomic E-state index is -0.562. The molecule has 0 radical (unpaired) electrons. The number of carbonyl (C=O) groups excluding carboxylic acids is 2. The van der Waals surface area contributed by atoms with E-state index >= 15 is 0 Å². The van der Waals surface area contributed by atoms with Gasteiger partial charge in [0.25, 0.3) is 5.91 Å². The number of rotatable bonds is 7. The van der Waals surface area contributed by atoms with E-state index in [1.54, 1.807) is 37.3 Å². The molecule has 1 amide bonds. The Morgan fingerprint density at radius 1 is 1.30 bits per heavy atom. The third-order valence-corrected chi connectivity index (χ3v) is 2.88. The Labute approximate surface area is 133 Å². The molecule has 0 aliphatic heterocycles. The molecule has 2 rings (SSSR count). The monoisotopic (exact) mass is 318 g/mol. The first kappa shape index (κ1) is 16.5. The van der Waals surface area contributed by atoms with Gasteiger partial charge >= 0.3 is 5.97 Å². The van der Waals surface area contributed by atoms with Gasteiger partial charge in [-0.3, -0.25) is 9.59 Å². The summed E-state index contributed by atoms with van der Waals surface area (Å²) in [6.45, 7) is 3.78. The van der Waals surface area contributed by atoms with Crippen molar-refractivity contribution in [1.29, 1.82) is 0 Å². The van der Waals surface area contributed by atoms with Crippen LogP contribution in [0.5, 0.6) is 5.75 Å². The number of hydrogen-bond acceptors (Lipinski definition) is 6. The molecule has 7 nitrogen and oxygen atoms in total. The van der Waals surface area contributed by atoms with Gasteiger partial charge in [0, 0.05) is 6.07 Å². The number of amides is 1. The minimum Gasteiger partial charge on any atom is -0.493 e. The van der Waals surface area contributed by atoms with Gasteiger partial charge in [-0.05, 0) is 26.0 Å². The molecule has 1 aromatic carbocycles. The van der Waals surface area contributed by atoms with E-state index in [2.05, 4.69) is 10.5 Å². The summed E-state index contributed by atoms with van der Waals surface area (Å²) in [6.07, 6.45) is 0. The van der Waals surface area contributed by atoms with Crippen molar-refractivity contribution < 1.29 is 23.6 Å². The quantitative estimate of drug-likeness (QED) is 0.784. The maximum Gasteiger partial charge on any atom is 0.325 e. The molecular weight excluding hydrogens is 300 g/mol. The molecule has 0 fully saturated rings. The van der Waals surface area contributed by atoms with Crippen LogP contribution in [-0.2, 0) is 16.1 Å². The van der Waals surface area contributed by atoms with Gasteiger partial charge < -0.3 is 19.3 Å². The maximum atomic E-state index is 12.1. The Hall–Kier alpha value is -2.83. The first-order valence-corrected chi connectivity index (χ1v) is 7.18. The lowest BCUT2D eigenvalue weighted by atomic mass is 10.2. The van der Waals surface area contributed by atoms with E-state index in [9.17, 15) is 9.59 Å². The predicted octanol–water partition coefficient (Wildman–Crippen LogP) is 1.85. The molecule has 0 aliphatic carbocycles. The summed E-state index contributed by atoms with van der Waals surface area (Å²) in [5.74, 6) is 0.145. The number of aryl methyl sites for hydroxylation is 1. The summed E-state index contributed by atoms with van der Waals surface area (Å²) in [4.78, 5) is 23.7. The molecule has 0 atom stereocenters. The Morgan fingerprint density at radius 3 is 2.78 bits per heavy atom. The van der Waals surface area contributed by atoms with Crippen molar-refractivity contribution in [2.75, 3.05) is 13.2 Å². The van der Waals surface area contributed by atoms with Gasteiger partial charge in [0.15, 0.2) is 0 Å². The van der Waals surface area contributed by atoms with Gasteiger partial charge in [-0.25, -0.2) is 0 Å². The predicted molar refractivity (Wildman–Crippen MR) is 81.0 cm³/mol. The third kappa shape index (κ3) is 4.84. The van der Waals surface area contributed by atoms with Crippen LogP contribution >= 0.6 is 0 Å². The molecule has 0 aliphatic rings. The number of benzene rings is 1. The number of aromatic nitrogens is 1.